The fourth-order valence-electron chi connectivity index (χ4n) is 1.04. The molecule has 3 heteroatoms. The minimum Gasteiger partial charge on any atom is -0.497 e. The summed E-state index contributed by atoms with van der Waals surface area (Å²) in [4.78, 5) is 0. The number of rotatable bonds is 3. The summed E-state index contributed by atoms with van der Waals surface area (Å²) in [7, 11) is 1.60. The van der Waals surface area contributed by atoms with Gasteiger partial charge in [0, 0.05) is 10.9 Å². The van der Waals surface area contributed by atoms with Gasteiger partial charge in [0.25, 0.3) is 0 Å². The monoisotopic (exact) mass is 199 g/mol. The van der Waals surface area contributed by atoms with Crippen LogP contribution in [0.2, 0.25) is 5.02 Å². The smallest absolute Gasteiger partial charge is 0.119 e. The molecular formula is C10H12ClO2. The van der Waals surface area contributed by atoms with Crippen LogP contribution >= 0.6 is 11.6 Å². The van der Waals surface area contributed by atoms with Crippen molar-refractivity contribution >= 4 is 11.6 Å². The van der Waals surface area contributed by atoms with Gasteiger partial charge in [0.15, 0.2) is 0 Å². The average molecular weight is 200 g/mol. The molecule has 0 saturated carbocycles. The van der Waals surface area contributed by atoms with Gasteiger partial charge in [-0.1, -0.05) is 18.5 Å². The van der Waals surface area contributed by atoms with Crippen LogP contribution in [0.1, 0.15) is 12.5 Å². The van der Waals surface area contributed by atoms with Gasteiger partial charge in [-0.15, -0.1) is 0 Å². The van der Waals surface area contributed by atoms with Gasteiger partial charge in [-0.3, -0.25) is 0 Å². The Morgan fingerprint density at radius 1 is 1.54 bits per heavy atom. The first-order valence-electron chi connectivity index (χ1n) is 3.96. The molecule has 0 aromatic heterocycles. The Kier molecular flexibility index (Phi) is 3.58. The predicted molar refractivity (Wildman–Crippen MR) is 53.1 cm³/mol. The van der Waals surface area contributed by atoms with E-state index in [1.807, 2.05) is 13.0 Å². The molecule has 1 aromatic carbocycles. The maximum Gasteiger partial charge on any atom is 0.119 e. The molecule has 0 atom stereocenters. The van der Waals surface area contributed by atoms with E-state index in [0.29, 0.717) is 5.02 Å². The fraction of sp³-hybridized carbons (Fsp3) is 0.300. The number of ether oxygens (including phenoxy) is 1. The Morgan fingerprint density at radius 3 is 2.77 bits per heavy atom. The van der Waals surface area contributed by atoms with E-state index in [1.54, 1.807) is 19.2 Å². The topological polar surface area (TPSA) is 29.5 Å². The first-order valence-corrected chi connectivity index (χ1v) is 4.34. The Balaban J connectivity index is 3.03. The van der Waals surface area contributed by atoms with Crippen molar-refractivity contribution in [2.24, 2.45) is 0 Å². The molecule has 71 valence electrons. The van der Waals surface area contributed by atoms with E-state index in [4.69, 9.17) is 21.4 Å². The zero-order valence-corrected chi connectivity index (χ0v) is 8.43. The van der Waals surface area contributed by atoms with Gasteiger partial charge in [0.1, 0.15) is 5.75 Å². The molecule has 0 fully saturated rings. The fourth-order valence-corrected chi connectivity index (χ4v) is 1.32. The van der Waals surface area contributed by atoms with Crippen LogP contribution in [0.25, 0.3) is 0 Å². The highest BCUT2D eigenvalue weighted by Gasteiger charge is 2.10. The van der Waals surface area contributed by atoms with Crippen molar-refractivity contribution in [3.63, 3.8) is 0 Å². The summed E-state index contributed by atoms with van der Waals surface area (Å²) in [6, 6.07) is 5.36. The second-order valence-electron chi connectivity index (χ2n) is 2.78. The minimum atomic E-state index is 0.00683. The third kappa shape index (κ3) is 2.36. The lowest BCUT2D eigenvalue weighted by Crippen LogP contribution is -2.01. The molecule has 0 saturated heterocycles. The zero-order chi connectivity index (χ0) is 9.84. The van der Waals surface area contributed by atoms with Crippen LogP contribution in [0, 0.1) is 5.92 Å². The molecule has 0 aliphatic carbocycles. The molecule has 0 heterocycles. The van der Waals surface area contributed by atoms with E-state index in [2.05, 4.69) is 0 Å². The summed E-state index contributed by atoms with van der Waals surface area (Å²) < 4.78 is 5.05. The second-order valence-corrected chi connectivity index (χ2v) is 3.19. The van der Waals surface area contributed by atoms with Gasteiger partial charge in [0.2, 0.25) is 0 Å². The first-order chi connectivity index (χ1) is 6.19. The zero-order valence-electron chi connectivity index (χ0n) is 7.67. The quantitative estimate of drug-likeness (QED) is 0.810. The summed E-state index contributed by atoms with van der Waals surface area (Å²) in [5, 5.41) is 9.57. The Labute approximate surface area is 83.1 Å². The summed E-state index contributed by atoms with van der Waals surface area (Å²) in [6.07, 6.45) is 0. The molecule has 13 heavy (non-hydrogen) atoms. The van der Waals surface area contributed by atoms with E-state index in [9.17, 15) is 0 Å². The highest BCUT2D eigenvalue weighted by atomic mass is 35.5. The van der Waals surface area contributed by atoms with Crippen molar-refractivity contribution in [2.45, 2.75) is 6.92 Å². The maximum atomic E-state index is 8.94. The standard InChI is InChI=1S/C10H12ClO2/c1-7(6-12)9-5-8(13-2)3-4-10(9)11/h3-5,12H,6H2,1-2H3. The first kappa shape index (κ1) is 10.4. The molecule has 0 amide bonds. The van der Waals surface area contributed by atoms with Crippen molar-refractivity contribution in [3.05, 3.63) is 34.7 Å². The number of aliphatic hydroxyl groups is 1. The normalized spacial score (nSPS) is 10.5. The van der Waals surface area contributed by atoms with Gasteiger partial charge in [-0.25, -0.2) is 0 Å². The lowest BCUT2D eigenvalue weighted by molar-refractivity contribution is 0.314. The van der Waals surface area contributed by atoms with Crippen LogP contribution < -0.4 is 4.74 Å². The summed E-state index contributed by atoms with van der Waals surface area (Å²) >= 11 is 5.94. The Hall–Kier alpha value is -0.730. The number of methoxy groups -OCH3 is 1. The third-order valence-electron chi connectivity index (χ3n) is 1.87. The number of hydrogen-bond acceptors (Lipinski definition) is 2. The molecule has 0 aliphatic rings. The van der Waals surface area contributed by atoms with Crippen molar-refractivity contribution in [1.29, 1.82) is 0 Å². The molecule has 1 N–H and O–H groups in total. The van der Waals surface area contributed by atoms with Crippen LogP contribution in [0.3, 0.4) is 0 Å². The predicted octanol–water partition coefficient (Wildman–Crippen LogP) is 2.28. The molecule has 2 nitrogen and oxygen atoms in total. The van der Waals surface area contributed by atoms with Crippen LogP contribution in [-0.2, 0) is 0 Å². The van der Waals surface area contributed by atoms with E-state index in [-0.39, 0.29) is 6.61 Å². The molecule has 0 bridgehead atoms. The summed E-state index contributed by atoms with van der Waals surface area (Å²) in [5.74, 6) is 1.58. The Morgan fingerprint density at radius 2 is 2.23 bits per heavy atom. The average Bonchev–Trinajstić information content (AvgIpc) is 2.17. The van der Waals surface area contributed by atoms with Crippen molar-refractivity contribution in [2.75, 3.05) is 13.7 Å². The lowest BCUT2D eigenvalue weighted by atomic mass is 10.0. The number of aliphatic hydroxyl groups excluding tert-OH is 1. The van der Waals surface area contributed by atoms with E-state index < -0.39 is 0 Å². The van der Waals surface area contributed by atoms with E-state index in [1.165, 1.54) is 0 Å². The summed E-state index contributed by atoms with van der Waals surface area (Å²) in [5.41, 5.74) is 0.837. The van der Waals surface area contributed by atoms with Crippen LogP contribution in [-0.4, -0.2) is 18.8 Å². The summed E-state index contributed by atoms with van der Waals surface area (Å²) in [6.45, 7) is 1.84. The van der Waals surface area contributed by atoms with Crippen molar-refractivity contribution in [1.82, 2.24) is 0 Å². The van der Waals surface area contributed by atoms with Crippen LogP contribution in [0.4, 0.5) is 0 Å². The van der Waals surface area contributed by atoms with E-state index >= 15 is 0 Å². The van der Waals surface area contributed by atoms with Crippen molar-refractivity contribution in [3.8, 4) is 5.75 Å². The molecule has 1 rings (SSSR count). The Bertz CT molecular complexity index is 286. The number of hydrogen-bond donors (Lipinski definition) is 1. The van der Waals surface area contributed by atoms with Crippen molar-refractivity contribution < 1.29 is 9.84 Å². The van der Waals surface area contributed by atoms with Crippen LogP contribution in [0.5, 0.6) is 5.75 Å². The van der Waals surface area contributed by atoms with Gasteiger partial charge < -0.3 is 9.84 Å². The van der Waals surface area contributed by atoms with Gasteiger partial charge in [0.05, 0.1) is 13.7 Å². The molecule has 1 aromatic rings. The highest BCUT2D eigenvalue weighted by molar-refractivity contribution is 6.31. The van der Waals surface area contributed by atoms with Gasteiger partial charge in [-0.2, -0.15) is 0 Å². The number of benzene rings is 1. The molecule has 0 aliphatic heterocycles. The highest BCUT2D eigenvalue weighted by Crippen LogP contribution is 2.27. The van der Waals surface area contributed by atoms with Gasteiger partial charge in [-0.05, 0) is 23.8 Å². The minimum absolute atomic E-state index is 0.00683. The molecule has 0 spiro atoms. The second kappa shape index (κ2) is 4.49. The molecule has 1 radical (unpaired) electrons. The lowest BCUT2D eigenvalue weighted by Gasteiger charge is -2.11. The SMILES string of the molecule is COc1ccc(Cl)c([C](C)CO)c1. The molecule has 0 unspecified atom stereocenters. The van der Waals surface area contributed by atoms with E-state index in [0.717, 1.165) is 17.2 Å². The van der Waals surface area contributed by atoms with Crippen LogP contribution in [0.15, 0.2) is 18.2 Å². The number of halogens is 1. The maximum absolute atomic E-state index is 8.94. The third-order valence-corrected chi connectivity index (χ3v) is 2.20. The largest absolute Gasteiger partial charge is 0.497 e. The van der Waals surface area contributed by atoms with Gasteiger partial charge >= 0.3 is 0 Å². The molecular weight excluding hydrogens is 188 g/mol.